The zero-order chi connectivity index (χ0) is 8.69. The van der Waals surface area contributed by atoms with E-state index in [-0.39, 0.29) is 69.1 Å². The molecule has 82 valence electrons. The van der Waals surface area contributed by atoms with Crippen LogP contribution in [0.2, 0.25) is 8.87 Å². The van der Waals surface area contributed by atoms with Gasteiger partial charge in [0, 0.05) is 0 Å². The smallest absolute Gasteiger partial charge is 0.107 e. The van der Waals surface area contributed by atoms with Crippen molar-refractivity contribution >= 4 is 69.1 Å². The standard InChI is InChI=1S/2C5H11.2HI.Sn/c2*1-4-5(2)3;;;/h2*5H,1,4H2,2-3H3;2*1H;. The Hall–Kier alpha value is 2.26. The average molecular weight is 517 g/mol. The molecule has 2 radical (unpaired) electrons. The van der Waals surface area contributed by atoms with Crippen molar-refractivity contribution in [2.45, 2.75) is 49.4 Å². The number of hydrogen-bond acceptors (Lipinski definition) is 0. The molecule has 0 fully saturated rings. The van der Waals surface area contributed by atoms with Crippen molar-refractivity contribution in [1.29, 1.82) is 0 Å². The summed E-state index contributed by atoms with van der Waals surface area (Å²) in [6, 6.07) is 0. The van der Waals surface area contributed by atoms with Crippen molar-refractivity contribution in [3.05, 3.63) is 0 Å². The quantitative estimate of drug-likeness (QED) is 0.269. The Morgan fingerprint density at radius 1 is 0.769 bits per heavy atom. The maximum absolute atomic E-state index is 2.34. The minimum Gasteiger partial charge on any atom is -0.107 e. The summed E-state index contributed by atoms with van der Waals surface area (Å²) in [4.78, 5) is 0. The molecule has 3 heteroatoms. The van der Waals surface area contributed by atoms with Gasteiger partial charge in [-0.25, -0.2) is 0 Å². The molecule has 0 saturated heterocycles. The molecule has 0 N–H and O–H groups in total. The van der Waals surface area contributed by atoms with Crippen molar-refractivity contribution in [3.8, 4) is 0 Å². The molecule has 13 heavy (non-hydrogen) atoms. The number of halogens is 2. The van der Waals surface area contributed by atoms with Crippen LogP contribution in [0.3, 0.4) is 0 Å². The van der Waals surface area contributed by atoms with Crippen molar-refractivity contribution in [2.75, 3.05) is 0 Å². The molecule has 0 aromatic rings. The molecule has 0 bridgehead atoms. The van der Waals surface area contributed by atoms with Crippen molar-refractivity contribution in [2.24, 2.45) is 11.8 Å². The summed E-state index contributed by atoms with van der Waals surface area (Å²) >= 11 is 0.0759. The van der Waals surface area contributed by atoms with Gasteiger partial charge in [-0.2, -0.15) is 0 Å². The fourth-order valence-electron chi connectivity index (χ4n) is 0.906. The molecule has 0 unspecified atom stereocenters. The van der Waals surface area contributed by atoms with Gasteiger partial charge in [0.25, 0.3) is 0 Å². The molecule has 0 spiro atoms. The Morgan fingerprint density at radius 3 is 1.31 bits per heavy atom. The van der Waals surface area contributed by atoms with Gasteiger partial charge < -0.3 is 0 Å². The van der Waals surface area contributed by atoms with Gasteiger partial charge in [-0.15, -0.1) is 48.0 Å². The van der Waals surface area contributed by atoms with E-state index in [1.54, 1.807) is 8.87 Å². The van der Waals surface area contributed by atoms with Crippen molar-refractivity contribution in [1.82, 2.24) is 0 Å². The second-order valence-corrected chi connectivity index (χ2v) is 8.40. The van der Waals surface area contributed by atoms with Gasteiger partial charge in [0.05, 0.1) is 0 Å². The van der Waals surface area contributed by atoms with Gasteiger partial charge in [0.15, 0.2) is 0 Å². The van der Waals surface area contributed by atoms with Crippen LogP contribution in [0, 0.1) is 11.8 Å². The first-order chi connectivity index (χ1) is 5.13. The Kier molecular flexibility index (Phi) is 22.6. The van der Waals surface area contributed by atoms with E-state index >= 15 is 0 Å². The minimum absolute atomic E-state index is 0. The van der Waals surface area contributed by atoms with Gasteiger partial charge >= 0.3 is 82.4 Å². The fourth-order valence-corrected chi connectivity index (χ4v) is 6.08. The van der Waals surface area contributed by atoms with Crippen LogP contribution in [-0.2, 0) is 0 Å². The monoisotopic (exact) mass is 518 g/mol. The maximum atomic E-state index is 2.34. The minimum atomic E-state index is 0. The summed E-state index contributed by atoms with van der Waals surface area (Å²) in [7, 11) is 0. The summed E-state index contributed by atoms with van der Waals surface area (Å²) in [5, 5.41) is 0. The molecular weight excluding hydrogens is 493 g/mol. The van der Waals surface area contributed by atoms with Crippen LogP contribution < -0.4 is 0 Å². The summed E-state index contributed by atoms with van der Waals surface area (Å²) in [6.07, 6.45) is 2.98. The van der Waals surface area contributed by atoms with Crippen LogP contribution in [0.5, 0.6) is 0 Å². The largest absolute Gasteiger partial charge is 0.107 e. The van der Waals surface area contributed by atoms with Gasteiger partial charge in [0.2, 0.25) is 0 Å². The van der Waals surface area contributed by atoms with Crippen LogP contribution in [0.25, 0.3) is 0 Å². The third-order valence-electron chi connectivity index (χ3n) is 1.80. The SMILES string of the molecule is CC(C)C[CH2][Sn][CH2]CC(C)C.I.I. The zero-order valence-electron chi connectivity index (χ0n) is 9.30. The molecule has 0 aliphatic carbocycles. The van der Waals surface area contributed by atoms with Crippen LogP contribution >= 0.6 is 48.0 Å². The first-order valence-corrected chi connectivity index (χ1v) is 8.87. The topological polar surface area (TPSA) is 0 Å². The molecule has 0 aromatic carbocycles. The third-order valence-corrected chi connectivity index (χ3v) is 5.46. The van der Waals surface area contributed by atoms with E-state index in [4.69, 9.17) is 0 Å². The van der Waals surface area contributed by atoms with Crippen LogP contribution in [0.1, 0.15) is 40.5 Å². The molecule has 0 aliphatic rings. The summed E-state index contributed by atoms with van der Waals surface area (Å²) in [6.45, 7) is 9.34. The molecule has 0 rings (SSSR count). The van der Waals surface area contributed by atoms with Crippen LogP contribution in [0.15, 0.2) is 0 Å². The van der Waals surface area contributed by atoms with Gasteiger partial charge in [-0.1, -0.05) is 0 Å². The summed E-state index contributed by atoms with van der Waals surface area (Å²) < 4.78 is 3.21. The second-order valence-electron chi connectivity index (χ2n) is 4.12. The summed E-state index contributed by atoms with van der Waals surface area (Å²) in [5.74, 6) is 1.88. The molecule has 0 heterocycles. The molecule has 0 aliphatic heterocycles. The third kappa shape index (κ3) is 20.4. The van der Waals surface area contributed by atoms with Crippen molar-refractivity contribution in [3.63, 3.8) is 0 Å². The molecule has 0 aromatic heterocycles. The Labute approximate surface area is 129 Å². The first kappa shape index (κ1) is 20.6. The van der Waals surface area contributed by atoms with E-state index in [1.165, 1.54) is 12.8 Å². The molecule has 0 saturated carbocycles. The second kappa shape index (κ2) is 14.3. The maximum Gasteiger partial charge on any atom is -0.107 e. The van der Waals surface area contributed by atoms with E-state index in [1.807, 2.05) is 0 Å². The average Bonchev–Trinajstić information content (AvgIpc) is 1.85. The van der Waals surface area contributed by atoms with E-state index in [0.717, 1.165) is 11.8 Å². The number of hydrogen-bond donors (Lipinski definition) is 0. The summed E-state index contributed by atoms with van der Waals surface area (Å²) in [5.41, 5.74) is 0. The predicted molar refractivity (Wildman–Crippen MR) is 85.1 cm³/mol. The van der Waals surface area contributed by atoms with Gasteiger partial charge in [-0.3, -0.25) is 0 Å². The Balaban J connectivity index is -0.000000500. The van der Waals surface area contributed by atoms with E-state index < -0.39 is 0 Å². The van der Waals surface area contributed by atoms with Gasteiger partial charge in [0.1, 0.15) is 0 Å². The van der Waals surface area contributed by atoms with E-state index in [9.17, 15) is 0 Å². The number of rotatable bonds is 6. The normalized spacial score (nSPS) is 9.69. The van der Waals surface area contributed by atoms with E-state index in [0.29, 0.717) is 0 Å². The zero-order valence-corrected chi connectivity index (χ0v) is 16.8. The van der Waals surface area contributed by atoms with Gasteiger partial charge in [-0.05, 0) is 0 Å². The predicted octanol–water partition coefficient (Wildman–Crippen LogP) is 4.86. The Morgan fingerprint density at radius 2 is 1.08 bits per heavy atom. The molecule has 0 nitrogen and oxygen atoms in total. The molecule has 0 amide bonds. The van der Waals surface area contributed by atoms with Crippen LogP contribution in [0.4, 0.5) is 0 Å². The van der Waals surface area contributed by atoms with Crippen LogP contribution in [-0.4, -0.2) is 21.1 Å². The Bertz CT molecular complexity index is 75.0. The molecule has 0 atom stereocenters. The fraction of sp³-hybridized carbons (Fsp3) is 1.00. The van der Waals surface area contributed by atoms with Crippen molar-refractivity contribution < 1.29 is 0 Å². The molecular formula is C10H24I2Sn. The first-order valence-electron chi connectivity index (χ1n) is 4.83. The van der Waals surface area contributed by atoms with E-state index in [2.05, 4.69) is 27.7 Å².